The number of hydrogen-bond acceptors (Lipinski definition) is 5. The molecule has 0 fully saturated rings. The maximum atomic E-state index is 13.1. The lowest BCUT2D eigenvalue weighted by atomic mass is 10.0. The van der Waals surface area contributed by atoms with Crippen LogP contribution in [0.1, 0.15) is 55.7 Å². The lowest BCUT2D eigenvalue weighted by Crippen LogP contribution is -2.44. The van der Waals surface area contributed by atoms with Crippen LogP contribution in [0.15, 0.2) is 30.3 Å². The third kappa shape index (κ3) is 5.07. The maximum absolute atomic E-state index is 13.1. The molecular weight excluding hydrogens is 394 g/mol. The Labute approximate surface area is 183 Å². The molecule has 1 atom stereocenters. The highest BCUT2D eigenvalue weighted by atomic mass is 16.6. The first-order chi connectivity index (χ1) is 14.6. The van der Waals surface area contributed by atoms with Crippen LogP contribution in [-0.2, 0) is 16.8 Å². The number of amides is 2. The molecule has 0 bridgehead atoms. The summed E-state index contributed by atoms with van der Waals surface area (Å²) in [6.45, 7) is 9.12. The first-order valence-corrected chi connectivity index (χ1v) is 10.7. The molecule has 2 heterocycles. The number of aromatic nitrogens is 2. The van der Waals surface area contributed by atoms with Crippen LogP contribution in [0.5, 0.6) is 0 Å². The van der Waals surface area contributed by atoms with Gasteiger partial charge in [-0.15, -0.1) is 0 Å². The zero-order valence-electron chi connectivity index (χ0n) is 19.2. The van der Waals surface area contributed by atoms with Gasteiger partial charge in [0.2, 0.25) is 0 Å². The number of carbonyl (C=O) groups is 2. The van der Waals surface area contributed by atoms with Gasteiger partial charge < -0.3 is 15.0 Å². The zero-order chi connectivity index (χ0) is 22.8. The van der Waals surface area contributed by atoms with E-state index in [9.17, 15) is 9.59 Å². The fourth-order valence-electron chi connectivity index (χ4n) is 3.98. The normalized spacial score (nSPS) is 15.8. The van der Waals surface area contributed by atoms with Gasteiger partial charge in [-0.2, -0.15) is 5.10 Å². The van der Waals surface area contributed by atoms with Crippen LogP contribution in [0.2, 0.25) is 0 Å². The predicted octanol–water partition coefficient (Wildman–Crippen LogP) is 3.83. The highest BCUT2D eigenvalue weighted by Gasteiger charge is 2.45. The van der Waals surface area contributed by atoms with Gasteiger partial charge in [-0.3, -0.25) is 14.8 Å². The van der Waals surface area contributed by atoms with Gasteiger partial charge in [0.05, 0.1) is 17.8 Å². The van der Waals surface area contributed by atoms with E-state index >= 15 is 0 Å². The van der Waals surface area contributed by atoms with Gasteiger partial charge in [0.25, 0.3) is 5.91 Å². The summed E-state index contributed by atoms with van der Waals surface area (Å²) in [5.74, 6) is 0.622. The Kier molecular flexibility index (Phi) is 6.69. The molecule has 0 saturated carbocycles. The number of rotatable bonds is 7. The van der Waals surface area contributed by atoms with Gasteiger partial charge in [-0.25, -0.2) is 4.79 Å². The van der Waals surface area contributed by atoms with E-state index in [1.807, 2.05) is 51.0 Å². The number of benzene rings is 1. The minimum Gasteiger partial charge on any atom is -0.445 e. The van der Waals surface area contributed by atoms with Crippen molar-refractivity contribution in [3.63, 3.8) is 0 Å². The van der Waals surface area contributed by atoms with Gasteiger partial charge >= 0.3 is 6.09 Å². The molecule has 0 radical (unpaired) electrons. The van der Waals surface area contributed by atoms with Crippen molar-refractivity contribution in [3.05, 3.63) is 47.2 Å². The Morgan fingerprint density at radius 1 is 1.26 bits per heavy atom. The molecule has 1 aliphatic rings. The Hall–Kier alpha value is -2.87. The number of aromatic amines is 1. The summed E-state index contributed by atoms with van der Waals surface area (Å²) in [5.41, 5.74) is 1.53. The molecule has 0 spiro atoms. The van der Waals surface area contributed by atoms with E-state index in [1.165, 1.54) is 0 Å². The van der Waals surface area contributed by atoms with Gasteiger partial charge in [-0.1, -0.05) is 32.0 Å². The lowest BCUT2D eigenvalue weighted by Gasteiger charge is -2.33. The fourth-order valence-corrected chi connectivity index (χ4v) is 3.98. The number of nitrogens with one attached hydrogen (secondary N) is 2. The van der Waals surface area contributed by atoms with E-state index < -0.39 is 5.54 Å². The minimum absolute atomic E-state index is 0.187. The van der Waals surface area contributed by atoms with E-state index in [2.05, 4.69) is 29.4 Å². The Morgan fingerprint density at radius 2 is 1.94 bits per heavy atom. The maximum Gasteiger partial charge on any atom is 0.411 e. The number of likely N-dealkylation sites (N-methyl/N-ethyl adjacent to an activating group) is 1. The monoisotopic (exact) mass is 427 g/mol. The second kappa shape index (κ2) is 9.09. The van der Waals surface area contributed by atoms with Crippen molar-refractivity contribution in [2.45, 2.75) is 52.3 Å². The van der Waals surface area contributed by atoms with Crippen LogP contribution in [0.25, 0.3) is 0 Å². The standard InChI is InChI=1S/C23H33N5O3/c1-15(2)12-17(13-27(5)6)31-22(30)28-14-18-19(23(28,3)4)25-26-20(18)24-21(29)16-10-8-7-9-11-16/h7-11,15,17H,12-14H2,1-6H3,(H2,24,25,26,29)/t17-/m0/s1. The lowest BCUT2D eigenvalue weighted by molar-refractivity contribution is 0.0195. The summed E-state index contributed by atoms with van der Waals surface area (Å²) in [7, 11) is 3.94. The van der Waals surface area contributed by atoms with Crippen LogP contribution in [0.4, 0.5) is 10.6 Å². The van der Waals surface area contributed by atoms with Crippen LogP contribution < -0.4 is 5.32 Å². The fraction of sp³-hybridized carbons (Fsp3) is 0.522. The molecule has 168 valence electrons. The smallest absolute Gasteiger partial charge is 0.411 e. The van der Waals surface area contributed by atoms with Crippen molar-refractivity contribution in [2.75, 3.05) is 26.0 Å². The van der Waals surface area contributed by atoms with Crippen molar-refractivity contribution in [1.29, 1.82) is 0 Å². The van der Waals surface area contributed by atoms with Crippen LogP contribution in [-0.4, -0.2) is 58.7 Å². The highest BCUT2D eigenvalue weighted by Crippen LogP contribution is 2.41. The van der Waals surface area contributed by atoms with Crippen LogP contribution in [0.3, 0.4) is 0 Å². The van der Waals surface area contributed by atoms with E-state index in [-0.39, 0.29) is 18.1 Å². The second-order valence-corrected chi connectivity index (χ2v) is 9.29. The SMILES string of the molecule is CC(C)C[C@@H](CN(C)C)OC(=O)N1Cc2c(NC(=O)c3ccccc3)n[nH]c2C1(C)C. The number of carbonyl (C=O) groups excluding carboxylic acids is 2. The highest BCUT2D eigenvalue weighted by molar-refractivity contribution is 6.04. The molecule has 0 saturated heterocycles. The van der Waals surface area contributed by atoms with Crippen molar-refractivity contribution < 1.29 is 14.3 Å². The molecule has 3 rings (SSSR count). The predicted molar refractivity (Wildman–Crippen MR) is 120 cm³/mol. The quantitative estimate of drug-likeness (QED) is 0.701. The summed E-state index contributed by atoms with van der Waals surface area (Å²) in [6, 6.07) is 8.97. The molecule has 31 heavy (non-hydrogen) atoms. The molecule has 0 unspecified atom stereocenters. The molecule has 8 nitrogen and oxygen atoms in total. The molecule has 2 N–H and O–H groups in total. The second-order valence-electron chi connectivity index (χ2n) is 9.29. The molecule has 1 aromatic heterocycles. The first-order valence-electron chi connectivity index (χ1n) is 10.7. The number of fused-ring (bicyclic) bond motifs is 1. The summed E-state index contributed by atoms with van der Waals surface area (Å²) < 4.78 is 5.91. The summed E-state index contributed by atoms with van der Waals surface area (Å²) >= 11 is 0. The number of H-pyrrole nitrogens is 1. The number of ether oxygens (including phenoxy) is 1. The molecule has 0 aliphatic carbocycles. The number of anilines is 1. The summed E-state index contributed by atoms with van der Waals surface area (Å²) in [5, 5.41) is 10.2. The molecule has 1 aromatic carbocycles. The topological polar surface area (TPSA) is 90.6 Å². The van der Waals surface area contributed by atoms with Crippen LogP contribution in [0, 0.1) is 5.92 Å². The molecule has 2 aromatic rings. The van der Waals surface area contributed by atoms with Crippen LogP contribution >= 0.6 is 0 Å². The van der Waals surface area contributed by atoms with Gasteiger partial charge in [0.15, 0.2) is 5.82 Å². The number of nitrogens with zero attached hydrogens (tertiary/aromatic N) is 3. The zero-order valence-corrected chi connectivity index (χ0v) is 19.2. The van der Waals surface area contributed by atoms with Crippen molar-refractivity contribution >= 4 is 17.8 Å². The molecule has 8 heteroatoms. The van der Waals surface area contributed by atoms with E-state index in [0.29, 0.717) is 30.4 Å². The molecule has 1 aliphatic heterocycles. The Balaban J connectivity index is 1.75. The van der Waals surface area contributed by atoms with Gasteiger partial charge in [0, 0.05) is 17.7 Å². The van der Waals surface area contributed by atoms with E-state index in [1.54, 1.807) is 17.0 Å². The first kappa shape index (κ1) is 22.8. The number of hydrogen-bond donors (Lipinski definition) is 2. The average molecular weight is 428 g/mol. The summed E-state index contributed by atoms with van der Waals surface area (Å²) in [4.78, 5) is 29.4. The third-order valence-corrected chi connectivity index (χ3v) is 5.53. The van der Waals surface area contributed by atoms with Crippen molar-refractivity contribution in [3.8, 4) is 0 Å². The van der Waals surface area contributed by atoms with Gasteiger partial charge in [0.1, 0.15) is 6.10 Å². The van der Waals surface area contributed by atoms with E-state index in [0.717, 1.165) is 17.7 Å². The minimum atomic E-state index is -0.629. The van der Waals surface area contributed by atoms with Crippen molar-refractivity contribution in [2.24, 2.45) is 5.92 Å². The Morgan fingerprint density at radius 3 is 2.55 bits per heavy atom. The van der Waals surface area contributed by atoms with Crippen molar-refractivity contribution in [1.82, 2.24) is 20.0 Å². The van der Waals surface area contributed by atoms with E-state index in [4.69, 9.17) is 4.74 Å². The van der Waals surface area contributed by atoms with Gasteiger partial charge in [-0.05, 0) is 52.4 Å². The third-order valence-electron chi connectivity index (χ3n) is 5.53. The average Bonchev–Trinajstić information content (AvgIpc) is 3.19. The largest absolute Gasteiger partial charge is 0.445 e. The molecule has 2 amide bonds. The molecular formula is C23H33N5O3. The summed E-state index contributed by atoms with van der Waals surface area (Å²) in [6.07, 6.45) is 0.249. The Bertz CT molecular complexity index is 911.